The smallest absolute Gasteiger partial charge is 0.234 e. The summed E-state index contributed by atoms with van der Waals surface area (Å²) in [6.45, 7) is 6.99. The first kappa shape index (κ1) is 16.0. The van der Waals surface area contributed by atoms with Gasteiger partial charge in [-0.1, -0.05) is 72.3 Å². The molecular weight excluding hydrogens is 302 g/mol. The van der Waals surface area contributed by atoms with Crippen LogP contribution in [0.4, 0.5) is 0 Å². The second-order valence-electron chi connectivity index (χ2n) is 4.94. The van der Waals surface area contributed by atoms with Crippen LogP contribution in [-0.4, -0.2) is 22.7 Å². The van der Waals surface area contributed by atoms with Crippen molar-refractivity contribution in [3.8, 4) is 0 Å². The van der Waals surface area contributed by atoms with Gasteiger partial charge in [-0.25, -0.2) is 0 Å². The van der Waals surface area contributed by atoms with E-state index in [9.17, 15) is 4.79 Å². The van der Waals surface area contributed by atoms with E-state index in [4.69, 9.17) is 0 Å². The molecule has 0 heterocycles. The third-order valence-corrected chi connectivity index (χ3v) is 3.49. The molecule has 0 aliphatic heterocycles. The van der Waals surface area contributed by atoms with E-state index in [0.29, 0.717) is 17.8 Å². The Morgan fingerprint density at radius 2 is 1.89 bits per heavy atom. The number of benzene rings is 1. The topological polar surface area (TPSA) is 20.3 Å². The average molecular weight is 324 g/mol. The van der Waals surface area contributed by atoms with Crippen LogP contribution in [0.15, 0.2) is 42.5 Å². The number of amides is 1. The molecule has 2 nitrogen and oxygen atoms in total. The van der Waals surface area contributed by atoms with E-state index in [1.54, 1.807) is 0 Å². The molecule has 0 fully saturated rings. The summed E-state index contributed by atoms with van der Waals surface area (Å²) >= 11 is 3.26. The zero-order valence-electron chi connectivity index (χ0n) is 11.8. The molecule has 0 unspecified atom stereocenters. The summed E-state index contributed by atoms with van der Waals surface area (Å²) in [5.41, 5.74) is 1.16. The van der Waals surface area contributed by atoms with Gasteiger partial charge in [-0.3, -0.25) is 4.79 Å². The lowest BCUT2D eigenvalue weighted by Crippen LogP contribution is -2.34. The van der Waals surface area contributed by atoms with Crippen molar-refractivity contribution in [2.24, 2.45) is 5.92 Å². The number of nitrogens with zero attached hydrogens (tertiary/aromatic N) is 1. The third kappa shape index (κ3) is 5.19. The van der Waals surface area contributed by atoms with E-state index in [-0.39, 0.29) is 11.9 Å². The van der Waals surface area contributed by atoms with Gasteiger partial charge >= 0.3 is 0 Å². The predicted molar refractivity (Wildman–Crippen MR) is 84.3 cm³/mol. The summed E-state index contributed by atoms with van der Waals surface area (Å²) in [5, 5.41) is 0.361. The molecule has 3 heteroatoms. The molecule has 0 N–H and O–H groups in total. The molecule has 0 aromatic heterocycles. The highest BCUT2D eigenvalue weighted by molar-refractivity contribution is 9.09. The highest BCUT2D eigenvalue weighted by Gasteiger charge is 2.19. The van der Waals surface area contributed by atoms with Crippen LogP contribution >= 0.6 is 15.9 Å². The Hall–Kier alpha value is -1.09. The fraction of sp³-hybridized carbons (Fsp3) is 0.438. The van der Waals surface area contributed by atoms with Crippen molar-refractivity contribution in [2.45, 2.75) is 26.8 Å². The van der Waals surface area contributed by atoms with Gasteiger partial charge in [-0.2, -0.15) is 0 Å². The van der Waals surface area contributed by atoms with E-state index in [1.165, 1.54) is 0 Å². The molecule has 1 aromatic rings. The SMILES string of the molecule is CC(C)/C=C\CN(C(=O)CBr)[C@@H](C)c1ccccc1. The summed E-state index contributed by atoms with van der Waals surface area (Å²) in [6.07, 6.45) is 4.21. The normalized spacial score (nSPS) is 12.9. The Labute approximate surface area is 124 Å². The number of rotatable bonds is 6. The van der Waals surface area contributed by atoms with Crippen molar-refractivity contribution in [1.82, 2.24) is 4.90 Å². The number of carbonyl (C=O) groups is 1. The number of hydrogen-bond donors (Lipinski definition) is 0. The first-order valence-electron chi connectivity index (χ1n) is 6.63. The minimum Gasteiger partial charge on any atom is -0.331 e. The monoisotopic (exact) mass is 323 g/mol. The van der Waals surface area contributed by atoms with Crippen molar-refractivity contribution < 1.29 is 4.79 Å². The summed E-state index contributed by atoms with van der Waals surface area (Å²) in [5.74, 6) is 0.623. The molecule has 0 saturated heterocycles. The van der Waals surface area contributed by atoms with Crippen molar-refractivity contribution in [2.75, 3.05) is 11.9 Å². The van der Waals surface area contributed by atoms with Gasteiger partial charge in [0.05, 0.1) is 11.4 Å². The van der Waals surface area contributed by atoms with Gasteiger partial charge in [-0.05, 0) is 18.4 Å². The summed E-state index contributed by atoms with van der Waals surface area (Å²) in [7, 11) is 0. The highest BCUT2D eigenvalue weighted by Crippen LogP contribution is 2.20. The van der Waals surface area contributed by atoms with Crippen LogP contribution in [0.5, 0.6) is 0 Å². The van der Waals surface area contributed by atoms with Gasteiger partial charge in [0.15, 0.2) is 0 Å². The van der Waals surface area contributed by atoms with Gasteiger partial charge in [0.2, 0.25) is 5.91 Å². The molecule has 19 heavy (non-hydrogen) atoms. The average Bonchev–Trinajstić information content (AvgIpc) is 2.43. The quantitative estimate of drug-likeness (QED) is 0.568. The molecule has 0 radical (unpaired) electrons. The van der Waals surface area contributed by atoms with Gasteiger partial charge < -0.3 is 4.90 Å². The molecule has 0 aliphatic carbocycles. The number of halogens is 1. The Bertz CT molecular complexity index is 414. The van der Waals surface area contributed by atoms with Crippen LogP contribution in [0, 0.1) is 5.92 Å². The Morgan fingerprint density at radius 1 is 1.26 bits per heavy atom. The first-order chi connectivity index (χ1) is 9.06. The highest BCUT2D eigenvalue weighted by atomic mass is 79.9. The minimum absolute atomic E-state index is 0.0862. The lowest BCUT2D eigenvalue weighted by atomic mass is 10.1. The Morgan fingerprint density at radius 3 is 2.42 bits per heavy atom. The standard InChI is InChI=1S/C16H22BrNO/c1-13(2)8-7-11-18(16(19)12-17)14(3)15-9-5-4-6-10-15/h4-10,13-14H,11-12H2,1-3H3/b8-7-/t14-/m0/s1. The Kier molecular flexibility index (Phi) is 6.85. The van der Waals surface area contributed by atoms with Crippen LogP contribution in [0.2, 0.25) is 0 Å². The molecule has 0 bridgehead atoms. The van der Waals surface area contributed by atoms with Crippen molar-refractivity contribution in [3.05, 3.63) is 48.0 Å². The number of allylic oxidation sites excluding steroid dienone is 1. The van der Waals surface area contributed by atoms with E-state index in [2.05, 4.69) is 61.0 Å². The molecule has 0 aliphatic rings. The lowest BCUT2D eigenvalue weighted by Gasteiger charge is -2.28. The van der Waals surface area contributed by atoms with E-state index >= 15 is 0 Å². The van der Waals surface area contributed by atoms with E-state index < -0.39 is 0 Å². The largest absolute Gasteiger partial charge is 0.331 e. The molecule has 0 spiro atoms. The van der Waals surface area contributed by atoms with Crippen molar-refractivity contribution in [3.63, 3.8) is 0 Å². The molecule has 1 aromatic carbocycles. The van der Waals surface area contributed by atoms with Crippen LogP contribution in [0.1, 0.15) is 32.4 Å². The summed E-state index contributed by atoms with van der Waals surface area (Å²) < 4.78 is 0. The number of alkyl halides is 1. The molecule has 1 rings (SSSR count). The zero-order chi connectivity index (χ0) is 14.3. The van der Waals surface area contributed by atoms with E-state index in [0.717, 1.165) is 5.56 Å². The molecule has 1 amide bonds. The fourth-order valence-electron chi connectivity index (χ4n) is 1.91. The predicted octanol–water partition coefficient (Wildman–Crippen LogP) is 4.18. The maximum atomic E-state index is 12.0. The van der Waals surface area contributed by atoms with E-state index in [1.807, 2.05) is 23.1 Å². The first-order valence-corrected chi connectivity index (χ1v) is 7.75. The number of carbonyl (C=O) groups excluding carboxylic acids is 1. The van der Waals surface area contributed by atoms with Crippen LogP contribution in [0.25, 0.3) is 0 Å². The fourth-order valence-corrected chi connectivity index (χ4v) is 2.23. The summed E-state index contributed by atoms with van der Waals surface area (Å²) in [4.78, 5) is 13.9. The zero-order valence-corrected chi connectivity index (χ0v) is 13.4. The van der Waals surface area contributed by atoms with Crippen molar-refractivity contribution >= 4 is 21.8 Å². The van der Waals surface area contributed by atoms with Gasteiger partial charge in [-0.15, -0.1) is 0 Å². The van der Waals surface area contributed by atoms with Gasteiger partial charge in [0.1, 0.15) is 0 Å². The molecule has 0 saturated carbocycles. The summed E-state index contributed by atoms with van der Waals surface area (Å²) in [6, 6.07) is 10.2. The van der Waals surface area contributed by atoms with Gasteiger partial charge in [0, 0.05) is 6.54 Å². The van der Waals surface area contributed by atoms with Crippen LogP contribution < -0.4 is 0 Å². The third-order valence-electron chi connectivity index (χ3n) is 3.01. The second kappa shape index (κ2) is 8.16. The second-order valence-corrected chi connectivity index (χ2v) is 5.50. The molecular formula is C16H22BrNO. The maximum Gasteiger partial charge on any atom is 0.234 e. The van der Waals surface area contributed by atoms with Crippen LogP contribution in [0.3, 0.4) is 0 Å². The Balaban J connectivity index is 2.82. The minimum atomic E-state index is 0.0862. The van der Waals surface area contributed by atoms with Crippen molar-refractivity contribution in [1.29, 1.82) is 0 Å². The molecule has 1 atom stereocenters. The van der Waals surface area contributed by atoms with Gasteiger partial charge in [0.25, 0.3) is 0 Å². The molecule has 104 valence electrons. The number of hydrogen-bond acceptors (Lipinski definition) is 1. The maximum absolute atomic E-state index is 12.0. The lowest BCUT2D eigenvalue weighted by molar-refractivity contribution is -0.129. The van der Waals surface area contributed by atoms with Crippen LogP contribution in [-0.2, 0) is 4.79 Å².